The van der Waals surface area contributed by atoms with Gasteiger partial charge in [0.05, 0.1) is 33.4 Å². The number of aromatic nitrogens is 3. The number of nitrogens with zero attached hydrogens (tertiary/aromatic N) is 3. The molecule has 11 heteroatoms. The van der Waals surface area contributed by atoms with E-state index in [9.17, 15) is 9.59 Å². The number of carbonyl (C=O) groups excluding carboxylic acids is 2. The van der Waals surface area contributed by atoms with E-state index in [1.807, 2.05) is 84.9 Å². The lowest BCUT2D eigenvalue weighted by Crippen LogP contribution is -2.15. The Bertz CT molecular complexity index is 1420. The molecule has 11 nitrogen and oxygen atoms in total. The number of para-hydroxylation sites is 1. The molecule has 4 aromatic rings. The van der Waals surface area contributed by atoms with E-state index < -0.39 is 0 Å². The Morgan fingerprint density at radius 3 is 1.91 bits per heavy atom. The average molecular weight is 585 g/mol. The molecule has 0 saturated carbocycles. The SMILES string of the molecule is COC(=O)Cc1ccc(Nc2nc(NCCOCCOCCCC(=O)c3ccccc3)nc(Nc3ccccc3)n2)cc1. The lowest BCUT2D eigenvalue weighted by molar-refractivity contribution is -0.139. The molecular formula is C32H36N6O5. The molecule has 43 heavy (non-hydrogen) atoms. The van der Waals surface area contributed by atoms with Crippen molar-refractivity contribution in [1.29, 1.82) is 0 Å². The van der Waals surface area contributed by atoms with Crippen LogP contribution in [0.1, 0.15) is 28.8 Å². The Morgan fingerprint density at radius 2 is 1.26 bits per heavy atom. The van der Waals surface area contributed by atoms with Crippen LogP contribution in [0.25, 0.3) is 0 Å². The molecule has 4 rings (SSSR count). The van der Waals surface area contributed by atoms with Gasteiger partial charge in [0.25, 0.3) is 0 Å². The number of anilines is 5. The van der Waals surface area contributed by atoms with Crippen molar-refractivity contribution in [3.05, 3.63) is 96.1 Å². The van der Waals surface area contributed by atoms with Gasteiger partial charge in [0.1, 0.15) is 0 Å². The van der Waals surface area contributed by atoms with Crippen molar-refractivity contribution in [1.82, 2.24) is 15.0 Å². The summed E-state index contributed by atoms with van der Waals surface area (Å²) in [6.45, 7) is 2.29. The monoisotopic (exact) mass is 584 g/mol. The number of hydrogen-bond donors (Lipinski definition) is 3. The third kappa shape index (κ3) is 11.1. The van der Waals surface area contributed by atoms with Crippen molar-refractivity contribution < 1.29 is 23.8 Å². The highest BCUT2D eigenvalue weighted by atomic mass is 16.5. The maximum Gasteiger partial charge on any atom is 0.309 e. The van der Waals surface area contributed by atoms with Gasteiger partial charge in [0.2, 0.25) is 17.8 Å². The number of carbonyl (C=O) groups is 2. The van der Waals surface area contributed by atoms with Crippen molar-refractivity contribution in [2.45, 2.75) is 19.3 Å². The van der Waals surface area contributed by atoms with Gasteiger partial charge in [-0.05, 0) is 36.2 Å². The number of ketones is 1. The topological polar surface area (TPSA) is 137 Å². The van der Waals surface area contributed by atoms with Crippen LogP contribution in [0.15, 0.2) is 84.9 Å². The summed E-state index contributed by atoms with van der Waals surface area (Å²) in [4.78, 5) is 37.1. The van der Waals surface area contributed by atoms with E-state index in [2.05, 4.69) is 30.9 Å². The third-order valence-corrected chi connectivity index (χ3v) is 6.14. The Hall–Kier alpha value is -4.87. The molecule has 0 aliphatic carbocycles. The Balaban J connectivity index is 1.22. The van der Waals surface area contributed by atoms with Crippen molar-refractivity contribution >= 4 is 41.0 Å². The average Bonchev–Trinajstić information content (AvgIpc) is 3.03. The first-order valence-electron chi connectivity index (χ1n) is 14.1. The zero-order valence-corrected chi connectivity index (χ0v) is 24.1. The summed E-state index contributed by atoms with van der Waals surface area (Å²) in [5, 5.41) is 9.56. The summed E-state index contributed by atoms with van der Waals surface area (Å²) in [6, 6.07) is 26.3. The molecule has 0 spiro atoms. The molecule has 0 fully saturated rings. The second-order valence-corrected chi connectivity index (χ2v) is 9.42. The van der Waals surface area contributed by atoms with Gasteiger partial charge in [0, 0.05) is 36.5 Å². The van der Waals surface area contributed by atoms with Crippen LogP contribution in [0.2, 0.25) is 0 Å². The highest BCUT2D eigenvalue weighted by Crippen LogP contribution is 2.19. The van der Waals surface area contributed by atoms with E-state index in [1.54, 1.807) is 0 Å². The molecule has 0 bridgehead atoms. The predicted molar refractivity (Wildman–Crippen MR) is 165 cm³/mol. The minimum atomic E-state index is -0.297. The lowest BCUT2D eigenvalue weighted by atomic mass is 10.1. The second kappa shape index (κ2) is 17.2. The summed E-state index contributed by atoms with van der Waals surface area (Å²) < 4.78 is 16.0. The first-order chi connectivity index (χ1) is 21.1. The first-order valence-corrected chi connectivity index (χ1v) is 14.1. The van der Waals surface area contributed by atoms with Gasteiger partial charge in [-0.1, -0.05) is 60.7 Å². The van der Waals surface area contributed by atoms with Crippen molar-refractivity contribution in [3.8, 4) is 0 Å². The number of benzene rings is 3. The minimum absolute atomic E-state index is 0.124. The van der Waals surface area contributed by atoms with Gasteiger partial charge in [0.15, 0.2) is 5.78 Å². The zero-order chi connectivity index (χ0) is 30.1. The molecule has 3 aromatic carbocycles. The zero-order valence-electron chi connectivity index (χ0n) is 24.1. The van der Waals surface area contributed by atoms with Gasteiger partial charge >= 0.3 is 5.97 Å². The molecule has 0 saturated heterocycles. The molecule has 3 N–H and O–H groups in total. The van der Waals surface area contributed by atoms with Gasteiger partial charge in [-0.2, -0.15) is 15.0 Å². The summed E-state index contributed by atoms with van der Waals surface area (Å²) in [5.74, 6) is 0.916. The maximum atomic E-state index is 12.1. The van der Waals surface area contributed by atoms with Crippen molar-refractivity contribution in [2.75, 3.05) is 56.0 Å². The third-order valence-electron chi connectivity index (χ3n) is 6.14. The number of methoxy groups -OCH3 is 1. The molecule has 0 aliphatic heterocycles. The van der Waals surface area contributed by atoms with Crippen molar-refractivity contribution in [2.24, 2.45) is 0 Å². The first kappa shape index (κ1) is 31.1. The van der Waals surface area contributed by atoms with E-state index in [-0.39, 0.29) is 18.2 Å². The van der Waals surface area contributed by atoms with E-state index in [4.69, 9.17) is 14.2 Å². The summed E-state index contributed by atoms with van der Waals surface area (Å²) >= 11 is 0. The van der Waals surface area contributed by atoms with Crippen LogP contribution >= 0.6 is 0 Å². The van der Waals surface area contributed by atoms with E-state index in [1.165, 1.54) is 7.11 Å². The van der Waals surface area contributed by atoms with Crippen molar-refractivity contribution in [3.63, 3.8) is 0 Å². The number of Topliss-reactive ketones (excluding diaryl/α,β-unsaturated/α-hetero) is 1. The number of ether oxygens (including phenoxy) is 3. The van der Waals surface area contributed by atoms with Crippen LogP contribution in [0.5, 0.6) is 0 Å². The molecule has 224 valence electrons. The molecule has 0 radical (unpaired) electrons. The van der Waals surface area contributed by atoms with E-state index >= 15 is 0 Å². The van der Waals surface area contributed by atoms with Crippen LogP contribution in [0.4, 0.5) is 29.2 Å². The Labute approximate surface area is 251 Å². The Kier molecular flexibility index (Phi) is 12.4. The number of nitrogens with one attached hydrogen (secondary N) is 3. The van der Waals surface area contributed by atoms with Crippen LogP contribution < -0.4 is 16.0 Å². The second-order valence-electron chi connectivity index (χ2n) is 9.42. The van der Waals surface area contributed by atoms with Gasteiger partial charge < -0.3 is 30.2 Å². The summed E-state index contributed by atoms with van der Waals surface area (Å²) in [6.07, 6.45) is 1.33. The minimum Gasteiger partial charge on any atom is -0.469 e. The predicted octanol–water partition coefficient (Wildman–Crippen LogP) is 5.18. The Morgan fingerprint density at radius 1 is 0.674 bits per heavy atom. The summed E-state index contributed by atoms with van der Waals surface area (Å²) in [7, 11) is 1.37. The molecule has 0 unspecified atom stereocenters. The molecular weight excluding hydrogens is 548 g/mol. The van der Waals surface area contributed by atoms with Crippen LogP contribution in [0, 0.1) is 0 Å². The molecule has 1 aromatic heterocycles. The molecule has 0 atom stereocenters. The maximum absolute atomic E-state index is 12.1. The molecule has 0 amide bonds. The van der Waals surface area contributed by atoms with E-state index in [0.717, 1.165) is 22.5 Å². The largest absolute Gasteiger partial charge is 0.469 e. The normalized spacial score (nSPS) is 10.6. The number of esters is 1. The highest BCUT2D eigenvalue weighted by Gasteiger charge is 2.09. The fourth-order valence-electron chi connectivity index (χ4n) is 3.95. The number of hydrogen-bond acceptors (Lipinski definition) is 11. The van der Waals surface area contributed by atoms with Crippen LogP contribution in [0.3, 0.4) is 0 Å². The van der Waals surface area contributed by atoms with Gasteiger partial charge in [-0.3, -0.25) is 9.59 Å². The molecule has 0 aliphatic rings. The van der Waals surface area contributed by atoms with Crippen LogP contribution in [-0.2, 0) is 25.4 Å². The standard InChI is InChI=1S/C32H36N6O5/c1-41-29(40)23-24-14-16-27(17-15-24)35-32-37-30(36-31(38-32)34-26-11-6-3-7-12-26)33-18-20-43-22-21-42-19-8-13-28(39)25-9-4-2-5-10-25/h2-7,9-12,14-17H,8,13,18-23H2,1H3,(H3,33,34,35,36,37,38). The fourth-order valence-corrected chi connectivity index (χ4v) is 3.95. The molecule has 1 heterocycles. The van der Waals surface area contributed by atoms with E-state index in [0.29, 0.717) is 63.7 Å². The number of rotatable bonds is 18. The fraction of sp³-hybridized carbons (Fsp3) is 0.281. The smallest absolute Gasteiger partial charge is 0.309 e. The van der Waals surface area contributed by atoms with Gasteiger partial charge in [-0.25, -0.2) is 0 Å². The summed E-state index contributed by atoms with van der Waals surface area (Å²) in [5.41, 5.74) is 3.16. The van der Waals surface area contributed by atoms with Crippen LogP contribution in [-0.4, -0.2) is 66.8 Å². The van der Waals surface area contributed by atoms with Gasteiger partial charge in [-0.15, -0.1) is 0 Å². The highest BCUT2D eigenvalue weighted by molar-refractivity contribution is 5.95. The quantitative estimate of drug-likeness (QED) is 0.0810. The lowest BCUT2D eigenvalue weighted by Gasteiger charge is -2.12.